The van der Waals surface area contributed by atoms with Crippen molar-refractivity contribution in [2.24, 2.45) is 0 Å². The third-order valence-corrected chi connectivity index (χ3v) is 2.45. The summed E-state index contributed by atoms with van der Waals surface area (Å²) in [6.45, 7) is 17.6. The summed E-state index contributed by atoms with van der Waals surface area (Å²) in [5.41, 5.74) is 4.27. The van der Waals surface area contributed by atoms with E-state index < -0.39 is 0 Å². The Balaban J connectivity index is 5.30. The van der Waals surface area contributed by atoms with Gasteiger partial charge in [-0.2, -0.15) is 0 Å². The largest absolute Gasteiger partial charge is 0.0985 e. The Labute approximate surface area is 106 Å². The van der Waals surface area contributed by atoms with E-state index in [0.29, 0.717) is 0 Å². The van der Waals surface area contributed by atoms with Crippen LogP contribution in [0.15, 0.2) is 84.6 Å². The Bertz CT molecular complexity index is 409. The van der Waals surface area contributed by atoms with Gasteiger partial charge >= 0.3 is 0 Å². The molecule has 0 spiro atoms. The van der Waals surface area contributed by atoms with E-state index in [1.54, 1.807) is 12.2 Å². The first kappa shape index (κ1) is 15.2. The minimum absolute atomic E-state index is 0.887. The second-order valence-electron chi connectivity index (χ2n) is 3.65. The van der Waals surface area contributed by atoms with Crippen molar-refractivity contribution in [3.05, 3.63) is 84.6 Å². The third-order valence-electron chi connectivity index (χ3n) is 2.45. The van der Waals surface area contributed by atoms with Crippen LogP contribution in [0.5, 0.6) is 0 Å². The van der Waals surface area contributed by atoms with Crippen molar-refractivity contribution in [2.45, 2.75) is 20.8 Å². The maximum absolute atomic E-state index is 3.93. The summed E-state index contributed by atoms with van der Waals surface area (Å²) in [5, 5.41) is 0. The monoisotopic (exact) mass is 226 g/mol. The van der Waals surface area contributed by atoms with Crippen molar-refractivity contribution in [2.75, 3.05) is 0 Å². The van der Waals surface area contributed by atoms with Crippen molar-refractivity contribution in [1.82, 2.24) is 0 Å². The van der Waals surface area contributed by atoms with Crippen molar-refractivity contribution in [3.63, 3.8) is 0 Å². The van der Waals surface area contributed by atoms with Crippen LogP contribution in [0, 0.1) is 0 Å². The average Bonchev–Trinajstić information content (AvgIpc) is 2.36. The molecule has 0 heteroatoms. The lowest BCUT2D eigenvalue weighted by Gasteiger charge is -2.05. The molecule has 0 aliphatic carbocycles. The predicted molar refractivity (Wildman–Crippen MR) is 79.9 cm³/mol. The Hall–Kier alpha value is -1.82. The fourth-order valence-corrected chi connectivity index (χ4v) is 1.33. The Morgan fingerprint density at radius 2 is 1.65 bits per heavy atom. The van der Waals surface area contributed by atoms with E-state index in [1.165, 1.54) is 11.1 Å². The molecule has 0 amide bonds. The fourth-order valence-electron chi connectivity index (χ4n) is 1.33. The molecule has 0 radical (unpaired) electrons. The first-order chi connectivity index (χ1) is 8.10. The van der Waals surface area contributed by atoms with Crippen LogP contribution in [0.25, 0.3) is 0 Å². The van der Waals surface area contributed by atoms with Crippen LogP contribution in [-0.4, -0.2) is 0 Å². The molecule has 0 aromatic carbocycles. The van der Waals surface area contributed by atoms with Gasteiger partial charge in [-0.15, -0.1) is 0 Å². The first-order valence-electron chi connectivity index (χ1n) is 5.72. The Morgan fingerprint density at radius 1 is 1.00 bits per heavy atom. The lowest BCUT2D eigenvalue weighted by Crippen LogP contribution is -1.86. The molecule has 0 aliphatic heterocycles. The molecule has 0 heterocycles. The van der Waals surface area contributed by atoms with Crippen LogP contribution in [0.3, 0.4) is 0 Å². The highest BCUT2D eigenvalue weighted by molar-refractivity contribution is 5.51. The highest BCUT2D eigenvalue weighted by Gasteiger charge is 1.98. The van der Waals surface area contributed by atoms with Gasteiger partial charge in [-0.3, -0.25) is 0 Å². The van der Waals surface area contributed by atoms with Gasteiger partial charge in [0, 0.05) is 0 Å². The molecular weight excluding hydrogens is 204 g/mol. The van der Waals surface area contributed by atoms with E-state index in [4.69, 9.17) is 0 Å². The summed E-state index contributed by atoms with van der Waals surface area (Å²) in [6, 6.07) is 0. The maximum Gasteiger partial charge on any atom is -0.0190 e. The molecule has 0 saturated heterocycles. The van der Waals surface area contributed by atoms with Gasteiger partial charge in [-0.1, -0.05) is 56.2 Å². The highest BCUT2D eigenvalue weighted by atomic mass is 14.0. The molecule has 17 heavy (non-hydrogen) atoms. The van der Waals surface area contributed by atoms with Gasteiger partial charge in [0.2, 0.25) is 0 Å². The number of rotatable bonds is 6. The van der Waals surface area contributed by atoms with Crippen molar-refractivity contribution in [3.8, 4) is 0 Å². The molecular formula is C17H22. The van der Waals surface area contributed by atoms with E-state index >= 15 is 0 Å². The average molecular weight is 226 g/mol. The molecule has 0 atom stereocenters. The van der Waals surface area contributed by atoms with Crippen molar-refractivity contribution < 1.29 is 0 Å². The van der Waals surface area contributed by atoms with Gasteiger partial charge in [-0.25, -0.2) is 0 Å². The van der Waals surface area contributed by atoms with Crippen LogP contribution < -0.4 is 0 Å². The lowest BCUT2D eigenvalue weighted by molar-refractivity contribution is 1.38. The number of allylic oxidation sites excluding steroid dienone is 11. The van der Waals surface area contributed by atoms with E-state index in [9.17, 15) is 0 Å². The summed E-state index contributed by atoms with van der Waals surface area (Å²) in [6.07, 6.45) is 13.8. The quantitative estimate of drug-likeness (QED) is 0.538. The SMILES string of the molecule is C=CC(=C)\C(C=C)=C/C(=C/C)C(/C)=C\C=C/C. The molecule has 0 bridgehead atoms. The second kappa shape index (κ2) is 8.35. The summed E-state index contributed by atoms with van der Waals surface area (Å²) in [7, 11) is 0. The summed E-state index contributed by atoms with van der Waals surface area (Å²) >= 11 is 0. The van der Waals surface area contributed by atoms with Crippen LogP contribution >= 0.6 is 0 Å². The summed E-state index contributed by atoms with van der Waals surface area (Å²) < 4.78 is 0. The second-order valence-corrected chi connectivity index (χ2v) is 3.65. The normalized spacial score (nSPS) is 13.9. The molecule has 0 saturated carbocycles. The van der Waals surface area contributed by atoms with Gasteiger partial charge in [0.25, 0.3) is 0 Å². The van der Waals surface area contributed by atoms with Gasteiger partial charge in [0.1, 0.15) is 0 Å². The third kappa shape index (κ3) is 5.17. The summed E-state index contributed by atoms with van der Waals surface area (Å²) in [5.74, 6) is 0. The Morgan fingerprint density at radius 3 is 2.06 bits per heavy atom. The van der Waals surface area contributed by atoms with Crippen LogP contribution in [0.4, 0.5) is 0 Å². The molecule has 0 N–H and O–H groups in total. The number of hydrogen-bond donors (Lipinski definition) is 0. The van der Waals surface area contributed by atoms with Crippen LogP contribution in [0.1, 0.15) is 20.8 Å². The highest BCUT2D eigenvalue weighted by Crippen LogP contribution is 2.18. The minimum atomic E-state index is 0.887. The smallest absolute Gasteiger partial charge is 0.0190 e. The first-order valence-corrected chi connectivity index (χ1v) is 5.72. The maximum atomic E-state index is 3.93. The zero-order chi connectivity index (χ0) is 13.3. The topological polar surface area (TPSA) is 0 Å². The van der Waals surface area contributed by atoms with Gasteiger partial charge in [-0.05, 0) is 49.1 Å². The molecule has 0 aliphatic rings. The summed E-state index contributed by atoms with van der Waals surface area (Å²) in [4.78, 5) is 0. The van der Waals surface area contributed by atoms with Crippen LogP contribution in [0.2, 0.25) is 0 Å². The van der Waals surface area contributed by atoms with Gasteiger partial charge in [0.15, 0.2) is 0 Å². The molecule has 0 fully saturated rings. The molecule has 0 rings (SSSR count). The molecule has 0 unspecified atom stereocenters. The predicted octanol–water partition coefficient (Wildman–Crippen LogP) is 5.31. The van der Waals surface area contributed by atoms with Gasteiger partial charge < -0.3 is 0 Å². The molecule has 0 nitrogen and oxygen atoms in total. The van der Waals surface area contributed by atoms with E-state index in [0.717, 1.165) is 11.1 Å². The Kier molecular flexibility index (Phi) is 7.45. The standard InChI is InChI=1S/C17H22/c1-7-11-12-15(6)17(10-4)13-16(9-3)14(5)8-2/h7-13H,2-3,5H2,1,4,6H3/b11-7-,15-12-,16-13-,17-10-. The van der Waals surface area contributed by atoms with Crippen molar-refractivity contribution >= 4 is 0 Å². The molecule has 90 valence electrons. The fraction of sp³-hybridized carbons (Fsp3) is 0.176. The van der Waals surface area contributed by atoms with E-state index in [-0.39, 0.29) is 0 Å². The van der Waals surface area contributed by atoms with Crippen LogP contribution in [-0.2, 0) is 0 Å². The van der Waals surface area contributed by atoms with Crippen molar-refractivity contribution in [1.29, 1.82) is 0 Å². The minimum Gasteiger partial charge on any atom is -0.0985 e. The van der Waals surface area contributed by atoms with Gasteiger partial charge in [0.05, 0.1) is 0 Å². The van der Waals surface area contributed by atoms with E-state index in [1.807, 2.05) is 26.0 Å². The number of hydrogen-bond acceptors (Lipinski definition) is 0. The lowest BCUT2D eigenvalue weighted by atomic mass is 10.00. The zero-order valence-corrected chi connectivity index (χ0v) is 11.2. The molecule has 0 aromatic rings. The zero-order valence-electron chi connectivity index (χ0n) is 11.2. The molecule has 0 aromatic heterocycles. The van der Waals surface area contributed by atoms with E-state index in [2.05, 4.69) is 44.9 Å².